The van der Waals surface area contributed by atoms with Gasteiger partial charge < -0.3 is 15.7 Å². The molecule has 0 saturated carbocycles. The van der Waals surface area contributed by atoms with Crippen LogP contribution in [0.2, 0.25) is 0 Å². The number of rotatable bonds is 8. The maximum atomic E-state index is 9.56. The van der Waals surface area contributed by atoms with Crippen molar-refractivity contribution >= 4 is 11.6 Å². The van der Waals surface area contributed by atoms with E-state index in [1.54, 1.807) is 0 Å². The molecular formula is C15H28N4O. The first-order chi connectivity index (χ1) is 9.49. The van der Waals surface area contributed by atoms with Crippen molar-refractivity contribution < 1.29 is 5.11 Å². The fraction of sp³-hybridized carbons (Fsp3) is 0.733. The molecule has 0 aromatic carbocycles. The zero-order chi connectivity index (χ0) is 15.2. The molecule has 1 rings (SSSR count). The average Bonchev–Trinajstić information content (AvgIpc) is 2.44. The quantitative estimate of drug-likeness (QED) is 0.683. The van der Waals surface area contributed by atoms with Gasteiger partial charge in [0.15, 0.2) is 0 Å². The summed E-state index contributed by atoms with van der Waals surface area (Å²) in [5.41, 5.74) is 0.645. The van der Waals surface area contributed by atoms with Crippen LogP contribution in [0.25, 0.3) is 0 Å². The van der Waals surface area contributed by atoms with E-state index in [0.717, 1.165) is 48.8 Å². The van der Waals surface area contributed by atoms with Crippen LogP contribution in [0.3, 0.4) is 0 Å². The van der Waals surface area contributed by atoms with Crippen molar-refractivity contribution in [3.05, 3.63) is 11.4 Å². The van der Waals surface area contributed by atoms with Crippen LogP contribution < -0.4 is 10.6 Å². The lowest BCUT2D eigenvalue weighted by Crippen LogP contribution is -2.38. The first-order valence-corrected chi connectivity index (χ1v) is 7.50. The normalized spacial score (nSPS) is 13.9. The lowest BCUT2D eigenvalue weighted by molar-refractivity contribution is 0.218. The Hall–Kier alpha value is -1.36. The summed E-state index contributed by atoms with van der Waals surface area (Å²) < 4.78 is 0. The predicted molar refractivity (Wildman–Crippen MR) is 84.3 cm³/mol. The predicted octanol–water partition coefficient (Wildman–Crippen LogP) is 2.74. The van der Waals surface area contributed by atoms with Gasteiger partial charge in [-0.05, 0) is 33.6 Å². The zero-order valence-corrected chi connectivity index (χ0v) is 13.4. The van der Waals surface area contributed by atoms with Crippen molar-refractivity contribution in [3.8, 4) is 0 Å². The fourth-order valence-corrected chi connectivity index (χ4v) is 1.89. The van der Waals surface area contributed by atoms with E-state index in [2.05, 4.69) is 41.4 Å². The van der Waals surface area contributed by atoms with Crippen molar-refractivity contribution in [2.75, 3.05) is 23.8 Å². The Kier molecular flexibility index (Phi) is 6.20. The minimum atomic E-state index is -0.355. The number of anilines is 2. The number of hydrogen-bond acceptors (Lipinski definition) is 5. The molecule has 0 fully saturated rings. The summed E-state index contributed by atoms with van der Waals surface area (Å²) in [6.45, 7) is 11.1. The largest absolute Gasteiger partial charge is 0.394 e. The highest BCUT2D eigenvalue weighted by Crippen LogP contribution is 2.24. The van der Waals surface area contributed by atoms with E-state index in [1.807, 2.05) is 13.8 Å². The molecule has 20 heavy (non-hydrogen) atoms. The van der Waals surface area contributed by atoms with Gasteiger partial charge in [-0.3, -0.25) is 0 Å². The van der Waals surface area contributed by atoms with E-state index in [1.165, 1.54) is 0 Å². The second kappa shape index (κ2) is 7.43. The van der Waals surface area contributed by atoms with Crippen LogP contribution in [0, 0.1) is 6.92 Å². The van der Waals surface area contributed by atoms with Crippen molar-refractivity contribution in [1.82, 2.24) is 9.97 Å². The number of aliphatic hydroxyl groups is 1. The Morgan fingerprint density at radius 3 is 2.30 bits per heavy atom. The maximum Gasteiger partial charge on any atom is 0.135 e. The standard InChI is InChI=1S/C15H28N4O/c1-6-9-12-17-13(16-8-3)11(4)14(18-12)19-15(5,7-2)10-20/h20H,6-10H2,1-5H3,(H2,16,17,18,19). The highest BCUT2D eigenvalue weighted by Gasteiger charge is 2.23. The van der Waals surface area contributed by atoms with E-state index < -0.39 is 0 Å². The molecule has 1 unspecified atom stereocenters. The smallest absolute Gasteiger partial charge is 0.135 e. The van der Waals surface area contributed by atoms with Crippen molar-refractivity contribution in [2.45, 2.75) is 59.4 Å². The molecule has 1 aromatic rings. The fourth-order valence-electron chi connectivity index (χ4n) is 1.89. The SMILES string of the molecule is CCCc1nc(NCC)c(C)c(NC(C)(CC)CO)n1. The molecule has 1 heterocycles. The molecule has 0 amide bonds. The van der Waals surface area contributed by atoms with Crippen molar-refractivity contribution in [3.63, 3.8) is 0 Å². The Morgan fingerprint density at radius 1 is 1.15 bits per heavy atom. The third-order valence-corrected chi connectivity index (χ3v) is 3.56. The molecule has 0 aliphatic carbocycles. The summed E-state index contributed by atoms with van der Waals surface area (Å²) in [5.74, 6) is 2.54. The second-order valence-electron chi connectivity index (χ2n) is 5.44. The van der Waals surface area contributed by atoms with Gasteiger partial charge in [0.25, 0.3) is 0 Å². The van der Waals surface area contributed by atoms with E-state index in [0.29, 0.717) is 0 Å². The maximum absolute atomic E-state index is 9.56. The summed E-state index contributed by atoms with van der Waals surface area (Å²) in [5, 5.41) is 16.2. The lowest BCUT2D eigenvalue weighted by Gasteiger charge is -2.29. The van der Waals surface area contributed by atoms with E-state index >= 15 is 0 Å². The van der Waals surface area contributed by atoms with Gasteiger partial charge in [-0.1, -0.05) is 13.8 Å². The molecule has 0 radical (unpaired) electrons. The molecule has 0 aliphatic rings. The van der Waals surface area contributed by atoms with E-state index in [-0.39, 0.29) is 12.1 Å². The molecule has 0 aliphatic heterocycles. The van der Waals surface area contributed by atoms with Crippen molar-refractivity contribution in [2.24, 2.45) is 0 Å². The van der Waals surface area contributed by atoms with E-state index in [4.69, 9.17) is 0 Å². The molecule has 0 saturated heterocycles. The van der Waals surface area contributed by atoms with Crippen LogP contribution in [0.15, 0.2) is 0 Å². The highest BCUT2D eigenvalue weighted by atomic mass is 16.3. The number of nitrogens with zero attached hydrogens (tertiary/aromatic N) is 2. The van der Waals surface area contributed by atoms with Crippen LogP contribution >= 0.6 is 0 Å². The van der Waals surface area contributed by atoms with Gasteiger partial charge >= 0.3 is 0 Å². The van der Waals surface area contributed by atoms with Gasteiger partial charge in [0.05, 0.1) is 12.1 Å². The van der Waals surface area contributed by atoms with E-state index in [9.17, 15) is 5.11 Å². The first kappa shape index (κ1) is 16.7. The number of nitrogens with one attached hydrogen (secondary N) is 2. The highest BCUT2D eigenvalue weighted by molar-refractivity contribution is 5.58. The minimum Gasteiger partial charge on any atom is -0.394 e. The van der Waals surface area contributed by atoms with Gasteiger partial charge in [0, 0.05) is 18.5 Å². The second-order valence-corrected chi connectivity index (χ2v) is 5.44. The molecule has 114 valence electrons. The van der Waals surface area contributed by atoms with Crippen LogP contribution in [0.1, 0.15) is 51.9 Å². The molecule has 1 aromatic heterocycles. The van der Waals surface area contributed by atoms with Gasteiger partial charge in [0.2, 0.25) is 0 Å². The van der Waals surface area contributed by atoms with Crippen LogP contribution in [-0.4, -0.2) is 33.8 Å². The molecule has 0 bridgehead atoms. The average molecular weight is 280 g/mol. The first-order valence-electron chi connectivity index (χ1n) is 7.50. The summed E-state index contributed by atoms with van der Waals surface area (Å²) in [4.78, 5) is 9.18. The third kappa shape index (κ3) is 4.07. The van der Waals surface area contributed by atoms with Gasteiger partial charge in [0.1, 0.15) is 17.5 Å². The monoisotopic (exact) mass is 280 g/mol. The zero-order valence-electron chi connectivity index (χ0n) is 13.4. The van der Waals surface area contributed by atoms with Gasteiger partial charge in [-0.15, -0.1) is 0 Å². The molecule has 1 atom stereocenters. The number of aliphatic hydroxyl groups excluding tert-OH is 1. The van der Waals surface area contributed by atoms with Crippen LogP contribution in [0.4, 0.5) is 11.6 Å². The number of aryl methyl sites for hydroxylation is 1. The van der Waals surface area contributed by atoms with Gasteiger partial charge in [-0.2, -0.15) is 0 Å². The van der Waals surface area contributed by atoms with Gasteiger partial charge in [-0.25, -0.2) is 9.97 Å². The Balaban J connectivity index is 3.15. The lowest BCUT2D eigenvalue weighted by atomic mass is 10.00. The summed E-state index contributed by atoms with van der Waals surface area (Å²) in [7, 11) is 0. The Bertz CT molecular complexity index is 430. The summed E-state index contributed by atoms with van der Waals surface area (Å²) in [6.07, 6.45) is 2.70. The molecular weight excluding hydrogens is 252 g/mol. The molecule has 5 nitrogen and oxygen atoms in total. The molecule has 5 heteroatoms. The van der Waals surface area contributed by atoms with Crippen LogP contribution in [0.5, 0.6) is 0 Å². The molecule has 0 spiro atoms. The van der Waals surface area contributed by atoms with Crippen LogP contribution in [-0.2, 0) is 6.42 Å². The Labute approximate surface area is 122 Å². The summed E-state index contributed by atoms with van der Waals surface area (Å²) in [6, 6.07) is 0. The number of hydrogen-bond donors (Lipinski definition) is 3. The minimum absolute atomic E-state index is 0.0760. The van der Waals surface area contributed by atoms with Crippen molar-refractivity contribution in [1.29, 1.82) is 0 Å². The number of aromatic nitrogens is 2. The topological polar surface area (TPSA) is 70.1 Å². The Morgan fingerprint density at radius 2 is 1.80 bits per heavy atom. The molecule has 3 N–H and O–H groups in total. The summed E-state index contributed by atoms with van der Waals surface area (Å²) >= 11 is 0. The third-order valence-electron chi connectivity index (χ3n) is 3.56.